The fourth-order valence-electron chi connectivity index (χ4n) is 0.861. The molecule has 0 saturated carbocycles. The average Bonchev–Trinajstić information content (AvgIpc) is 2.08. The quantitative estimate of drug-likeness (QED) is 0.880. The maximum absolute atomic E-state index is 4.24. The lowest BCUT2D eigenvalue weighted by Crippen LogP contribution is -2.21. The van der Waals surface area contributed by atoms with E-state index in [4.69, 9.17) is 0 Å². The van der Waals surface area contributed by atoms with Crippen LogP contribution < -0.4 is 5.32 Å². The summed E-state index contributed by atoms with van der Waals surface area (Å²) in [5.41, 5.74) is 0. The number of pyridine rings is 1. The average molecular weight is 243 g/mol. The summed E-state index contributed by atoms with van der Waals surface area (Å²) in [4.78, 5) is 4.24. The van der Waals surface area contributed by atoms with Gasteiger partial charge in [-0.15, -0.1) is 0 Å². The number of hydrogen-bond donors (Lipinski definition) is 1. The summed E-state index contributed by atoms with van der Waals surface area (Å²) < 4.78 is 1.01. The van der Waals surface area contributed by atoms with E-state index in [2.05, 4.69) is 47.0 Å². The first-order chi connectivity index (χ1) is 6.09. The lowest BCUT2D eigenvalue weighted by Gasteiger charge is -2.17. The third-order valence-electron chi connectivity index (χ3n) is 2.10. The van der Waals surface area contributed by atoms with Crippen LogP contribution in [0.25, 0.3) is 0 Å². The molecule has 1 atom stereocenters. The Morgan fingerprint density at radius 1 is 1.31 bits per heavy atom. The third-order valence-corrected chi connectivity index (χ3v) is 2.57. The Hall–Kier alpha value is -0.570. The molecule has 0 saturated heterocycles. The highest BCUT2D eigenvalue weighted by Gasteiger charge is 2.06. The molecule has 0 amide bonds. The highest BCUT2D eigenvalue weighted by atomic mass is 79.9. The molecule has 3 heteroatoms. The van der Waals surface area contributed by atoms with Crippen LogP contribution in [-0.4, -0.2) is 11.0 Å². The molecule has 2 nitrogen and oxygen atoms in total. The van der Waals surface area contributed by atoms with Gasteiger partial charge in [0.15, 0.2) is 0 Å². The molecule has 1 aromatic rings. The highest BCUT2D eigenvalue weighted by molar-refractivity contribution is 9.10. The summed E-state index contributed by atoms with van der Waals surface area (Å²) >= 11 is 3.35. The number of aromatic nitrogens is 1. The van der Waals surface area contributed by atoms with E-state index in [0.29, 0.717) is 12.0 Å². The van der Waals surface area contributed by atoms with Crippen molar-refractivity contribution in [1.82, 2.24) is 4.98 Å². The summed E-state index contributed by atoms with van der Waals surface area (Å²) in [6, 6.07) is 4.42. The summed E-state index contributed by atoms with van der Waals surface area (Å²) in [6.07, 6.45) is 1.80. The van der Waals surface area contributed by atoms with Crippen molar-refractivity contribution in [3.8, 4) is 0 Å². The zero-order valence-corrected chi connectivity index (χ0v) is 9.80. The number of halogens is 1. The molecule has 0 aliphatic carbocycles. The van der Waals surface area contributed by atoms with E-state index in [0.717, 1.165) is 10.3 Å². The van der Waals surface area contributed by atoms with E-state index in [-0.39, 0.29) is 0 Å². The Kier molecular flexibility index (Phi) is 3.72. The van der Waals surface area contributed by atoms with Gasteiger partial charge in [-0.05, 0) is 40.9 Å². The van der Waals surface area contributed by atoms with Gasteiger partial charge in [0.05, 0.1) is 0 Å². The summed E-state index contributed by atoms with van der Waals surface area (Å²) in [6.45, 7) is 6.54. The van der Waals surface area contributed by atoms with E-state index < -0.39 is 0 Å². The molecule has 13 heavy (non-hydrogen) atoms. The number of anilines is 1. The van der Waals surface area contributed by atoms with Crippen LogP contribution in [0.3, 0.4) is 0 Å². The first-order valence-electron chi connectivity index (χ1n) is 4.47. The van der Waals surface area contributed by atoms with Crippen LogP contribution >= 0.6 is 15.9 Å². The van der Waals surface area contributed by atoms with Gasteiger partial charge in [0, 0.05) is 16.7 Å². The summed E-state index contributed by atoms with van der Waals surface area (Å²) in [7, 11) is 0. The fraction of sp³-hybridized carbons (Fsp3) is 0.500. The maximum atomic E-state index is 4.24. The second-order valence-electron chi connectivity index (χ2n) is 3.54. The molecule has 72 valence electrons. The summed E-state index contributed by atoms with van der Waals surface area (Å²) in [5, 5.41) is 3.34. The first-order valence-corrected chi connectivity index (χ1v) is 5.27. The normalized spacial score (nSPS) is 13.0. The SMILES string of the molecule is CC(C)C(C)Nc1ccc(Br)cn1. The van der Waals surface area contributed by atoms with Gasteiger partial charge in [-0.25, -0.2) is 4.98 Å². The molecule has 1 rings (SSSR count). The lowest BCUT2D eigenvalue weighted by molar-refractivity contribution is 0.558. The molecule has 0 aromatic carbocycles. The van der Waals surface area contributed by atoms with E-state index in [1.54, 1.807) is 6.20 Å². The van der Waals surface area contributed by atoms with Gasteiger partial charge in [-0.3, -0.25) is 0 Å². The highest BCUT2D eigenvalue weighted by Crippen LogP contribution is 2.13. The predicted molar refractivity (Wildman–Crippen MR) is 59.9 cm³/mol. The molecule has 0 aliphatic rings. The minimum absolute atomic E-state index is 0.452. The first kappa shape index (κ1) is 10.5. The number of nitrogens with one attached hydrogen (secondary N) is 1. The second-order valence-corrected chi connectivity index (χ2v) is 4.45. The minimum Gasteiger partial charge on any atom is -0.367 e. The standard InChI is InChI=1S/C10H15BrN2/c1-7(2)8(3)13-10-5-4-9(11)6-12-10/h4-8H,1-3H3,(H,12,13). The Labute approximate surface area is 87.9 Å². The zero-order chi connectivity index (χ0) is 9.84. The van der Waals surface area contributed by atoms with Gasteiger partial charge in [0.2, 0.25) is 0 Å². The van der Waals surface area contributed by atoms with Crippen molar-refractivity contribution in [2.75, 3.05) is 5.32 Å². The monoisotopic (exact) mass is 242 g/mol. The predicted octanol–water partition coefficient (Wildman–Crippen LogP) is 3.30. The third kappa shape index (κ3) is 3.35. The fourth-order valence-corrected chi connectivity index (χ4v) is 1.10. The van der Waals surface area contributed by atoms with Gasteiger partial charge in [-0.2, -0.15) is 0 Å². The Balaban J connectivity index is 2.59. The van der Waals surface area contributed by atoms with Crippen LogP contribution in [0.2, 0.25) is 0 Å². The molecule has 1 heterocycles. The minimum atomic E-state index is 0.452. The lowest BCUT2D eigenvalue weighted by atomic mass is 10.1. The van der Waals surface area contributed by atoms with Crippen LogP contribution in [0.5, 0.6) is 0 Å². The molecule has 0 spiro atoms. The maximum Gasteiger partial charge on any atom is 0.126 e. The number of hydrogen-bond acceptors (Lipinski definition) is 2. The molecular formula is C10H15BrN2. The number of rotatable bonds is 3. The van der Waals surface area contributed by atoms with E-state index in [1.165, 1.54) is 0 Å². The van der Waals surface area contributed by atoms with Crippen LogP contribution in [-0.2, 0) is 0 Å². The Morgan fingerprint density at radius 3 is 2.46 bits per heavy atom. The van der Waals surface area contributed by atoms with Gasteiger partial charge < -0.3 is 5.32 Å². The van der Waals surface area contributed by atoms with E-state index in [1.807, 2.05) is 12.1 Å². The van der Waals surface area contributed by atoms with Gasteiger partial charge >= 0.3 is 0 Å². The van der Waals surface area contributed by atoms with Crippen LogP contribution in [0.15, 0.2) is 22.8 Å². The van der Waals surface area contributed by atoms with Crippen molar-refractivity contribution >= 4 is 21.7 Å². The molecular weight excluding hydrogens is 228 g/mol. The molecule has 0 radical (unpaired) electrons. The Morgan fingerprint density at radius 2 is 2.00 bits per heavy atom. The molecule has 1 unspecified atom stereocenters. The smallest absolute Gasteiger partial charge is 0.126 e. The molecule has 1 aromatic heterocycles. The van der Waals surface area contributed by atoms with Gasteiger partial charge in [-0.1, -0.05) is 13.8 Å². The number of nitrogens with zero attached hydrogens (tertiary/aromatic N) is 1. The largest absolute Gasteiger partial charge is 0.367 e. The van der Waals surface area contributed by atoms with Crippen molar-refractivity contribution in [2.45, 2.75) is 26.8 Å². The van der Waals surface area contributed by atoms with Crippen LogP contribution in [0, 0.1) is 5.92 Å². The van der Waals surface area contributed by atoms with Crippen LogP contribution in [0.4, 0.5) is 5.82 Å². The van der Waals surface area contributed by atoms with Crippen LogP contribution in [0.1, 0.15) is 20.8 Å². The molecule has 1 N–H and O–H groups in total. The zero-order valence-electron chi connectivity index (χ0n) is 8.21. The van der Waals surface area contributed by atoms with Gasteiger partial charge in [0.1, 0.15) is 5.82 Å². The topological polar surface area (TPSA) is 24.9 Å². The molecule has 0 aliphatic heterocycles. The van der Waals surface area contributed by atoms with E-state index >= 15 is 0 Å². The van der Waals surface area contributed by atoms with Crippen molar-refractivity contribution in [2.24, 2.45) is 5.92 Å². The molecule has 0 fully saturated rings. The van der Waals surface area contributed by atoms with Crippen molar-refractivity contribution < 1.29 is 0 Å². The second kappa shape index (κ2) is 4.61. The van der Waals surface area contributed by atoms with Crippen molar-refractivity contribution in [3.05, 3.63) is 22.8 Å². The summed E-state index contributed by atoms with van der Waals surface area (Å²) in [5.74, 6) is 1.55. The van der Waals surface area contributed by atoms with E-state index in [9.17, 15) is 0 Å². The molecule has 0 bridgehead atoms. The van der Waals surface area contributed by atoms with Gasteiger partial charge in [0.25, 0.3) is 0 Å². The van der Waals surface area contributed by atoms with Crippen molar-refractivity contribution in [1.29, 1.82) is 0 Å². The Bertz CT molecular complexity index is 256. The van der Waals surface area contributed by atoms with Crippen molar-refractivity contribution in [3.63, 3.8) is 0 Å².